The quantitative estimate of drug-likeness (QED) is 0.840. The third-order valence-corrected chi connectivity index (χ3v) is 2.82. The first-order valence-corrected chi connectivity index (χ1v) is 5.35. The maximum absolute atomic E-state index is 13.1. The first-order valence-electron chi connectivity index (χ1n) is 4.55. The molecule has 1 heterocycles. The van der Waals surface area contributed by atoms with Crippen LogP contribution in [0.4, 0.5) is 4.39 Å². The highest BCUT2D eigenvalue weighted by Crippen LogP contribution is 2.27. The van der Waals surface area contributed by atoms with E-state index in [9.17, 15) is 4.39 Å². The number of nitrogens with zero attached hydrogens (tertiary/aromatic N) is 3. The van der Waals surface area contributed by atoms with Gasteiger partial charge in [0, 0.05) is 16.6 Å². The average Bonchev–Trinajstić information content (AvgIpc) is 2.69. The average molecular weight is 270 g/mol. The SMILES string of the molecule is CCn1cnnc1-c1cc(F)ccc1Br. The van der Waals surface area contributed by atoms with Gasteiger partial charge in [-0.25, -0.2) is 4.39 Å². The lowest BCUT2D eigenvalue weighted by Crippen LogP contribution is -1.97. The minimum Gasteiger partial charge on any atom is -0.314 e. The summed E-state index contributed by atoms with van der Waals surface area (Å²) in [6.07, 6.45) is 1.63. The highest BCUT2D eigenvalue weighted by atomic mass is 79.9. The first-order chi connectivity index (χ1) is 7.22. The third-order valence-electron chi connectivity index (χ3n) is 2.13. The molecule has 1 aromatic carbocycles. The number of aromatic nitrogens is 3. The summed E-state index contributed by atoms with van der Waals surface area (Å²) in [5.41, 5.74) is 0.717. The minimum absolute atomic E-state index is 0.279. The van der Waals surface area contributed by atoms with E-state index in [0.29, 0.717) is 11.4 Å². The number of hydrogen-bond donors (Lipinski definition) is 0. The predicted molar refractivity (Wildman–Crippen MR) is 58.8 cm³/mol. The number of halogens is 2. The molecular weight excluding hydrogens is 261 g/mol. The second kappa shape index (κ2) is 4.10. The zero-order valence-electron chi connectivity index (χ0n) is 8.11. The van der Waals surface area contributed by atoms with Crippen molar-refractivity contribution in [2.75, 3.05) is 0 Å². The Morgan fingerprint density at radius 1 is 1.47 bits per heavy atom. The molecule has 0 unspecified atom stereocenters. The molecular formula is C10H9BrFN3. The van der Waals surface area contributed by atoms with Crippen LogP contribution in [0.25, 0.3) is 11.4 Å². The van der Waals surface area contributed by atoms with Gasteiger partial charge in [0.25, 0.3) is 0 Å². The van der Waals surface area contributed by atoms with Crippen molar-refractivity contribution >= 4 is 15.9 Å². The van der Waals surface area contributed by atoms with Crippen molar-refractivity contribution in [2.24, 2.45) is 0 Å². The molecule has 1 aromatic heterocycles. The van der Waals surface area contributed by atoms with Gasteiger partial charge in [-0.15, -0.1) is 10.2 Å². The van der Waals surface area contributed by atoms with Crippen LogP contribution in [0.1, 0.15) is 6.92 Å². The molecule has 2 aromatic rings. The summed E-state index contributed by atoms with van der Waals surface area (Å²) in [5, 5.41) is 7.79. The molecule has 0 bridgehead atoms. The van der Waals surface area contributed by atoms with Crippen molar-refractivity contribution in [3.8, 4) is 11.4 Å². The predicted octanol–water partition coefficient (Wildman–Crippen LogP) is 2.87. The molecule has 0 N–H and O–H groups in total. The standard InChI is InChI=1S/C10H9BrFN3/c1-2-15-6-13-14-10(15)8-5-7(12)3-4-9(8)11/h3-6H,2H2,1H3. The molecule has 2 rings (SSSR count). The molecule has 0 aliphatic heterocycles. The van der Waals surface area contributed by atoms with Crippen molar-refractivity contribution in [2.45, 2.75) is 13.5 Å². The maximum Gasteiger partial charge on any atom is 0.164 e. The van der Waals surface area contributed by atoms with Gasteiger partial charge in [-0.1, -0.05) is 15.9 Å². The monoisotopic (exact) mass is 269 g/mol. The highest BCUT2D eigenvalue weighted by molar-refractivity contribution is 9.10. The van der Waals surface area contributed by atoms with Gasteiger partial charge < -0.3 is 4.57 Å². The Kier molecular flexibility index (Phi) is 2.81. The molecule has 0 atom stereocenters. The van der Waals surface area contributed by atoms with Gasteiger partial charge in [0.05, 0.1) is 0 Å². The zero-order valence-corrected chi connectivity index (χ0v) is 9.70. The Morgan fingerprint density at radius 2 is 2.27 bits per heavy atom. The lowest BCUT2D eigenvalue weighted by Gasteiger charge is -2.05. The van der Waals surface area contributed by atoms with E-state index in [2.05, 4.69) is 26.1 Å². The summed E-state index contributed by atoms with van der Waals surface area (Å²) in [6, 6.07) is 4.51. The first kappa shape index (κ1) is 10.3. The summed E-state index contributed by atoms with van der Waals surface area (Å²) in [7, 11) is 0. The third kappa shape index (κ3) is 1.92. The fraction of sp³-hybridized carbons (Fsp3) is 0.200. The molecule has 3 nitrogen and oxygen atoms in total. The summed E-state index contributed by atoms with van der Waals surface area (Å²) in [6.45, 7) is 2.74. The van der Waals surface area contributed by atoms with Crippen LogP contribution in [0.15, 0.2) is 29.0 Å². The van der Waals surface area contributed by atoms with Gasteiger partial charge in [-0.3, -0.25) is 0 Å². The zero-order chi connectivity index (χ0) is 10.8. The van der Waals surface area contributed by atoms with E-state index in [1.165, 1.54) is 12.1 Å². The van der Waals surface area contributed by atoms with Gasteiger partial charge in [-0.05, 0) is 25.1 Å². The van der Waals surface area contributed by atoms with E-state index in [-0.39, 0.29) is 5.82 Å². The van der Waals surface area contributed by atoms with E-state index >= 15 is 0 Å². The molecule has 5 heteroatoms. The number of hydrogen-bond acceptors (Lipinski definition) is 2. The van der Waals surface area contributed by atoms with E-state index in [1.807, 2.05) is 11.5 Å². The minimum atomic E-state index is -0.279. The topological polar surface area (TPSA) is 30.7 Å². The van der Waals surface area contributed by atoms with E-state index in [0.717, 1.165) is 11.0 Å². The van der Waals surface area contributed by atoms with E-state index in [4.69, 9.17) is 0 Å². The smallest absolute Gasteiger partial charge is 0.164 e. The number of aryl methyl sites for hydroxylation is 1. The van der Waals surface area contributed by atoms with Crippen molar-refractivity contribution in [3.05, 3.63) is 34.8 Å². The Balaban J connectivity index is 2.58. The van der Waals surface area contributed by atoms with Crippen LogP contribution in [0.2, 0.25) is 0 Å². The van der Waals surface area contributed by atoms with Crippen LogP contribution in [0.5, 0.6) is 0 Å². The molecule has 0 aliphatic rings. The molecule has 0 amide bonds. The van der Waals surface area contributed by atoms with Gasteiger partial charge in [0.2, 0.25) is 0 Å². The number of benzene rings is 1. The van der Waals surface area contributed by atoms with Crippen LogP contribution in [-0.2, 0) is 6.54 Å². The summed E-state index contributed by atoms with van der Waals surface area (Å²) in [4.78, 5) is 0. The van der Waals surface area contributed by atoms with Crippen LogP contribution in [0, 0.1) is 5.82 Å². The molecule has 15 heavy (non-hydrogen) atoms. The van der Waals surface area contributed by atoms with Crippen molar-refractivity contribution in [3.63, 3.8) is 0 Å². The molecule has 0 radical (unpaired) electrons. The van der Waals surface area contributed by atoms with Crippen molar-refractivity contribution < 1.29 is 4.39 Å². The summed E-state index contributed by atoms with van der Waals surface area (Å²) < 4.78 is 15.8. The summed E-state index contributed by atoms with van der Waals surface area (Å²) >= 11 is 3.37. The van der Waals surface area contributed by atoms with Crippen molar-refractivity contribution in [1.29, 1.82) is 0 Å². The van der Waals surface area contributed by atoms with Crippen LogP contribution < -0.4 is 0 Å². The van der Waals surface area contributed by atoms with Gasteiger partial charge in [0.15, 0.2) is 5.82 Å². The largest absolute Gasteiger partial charge is 0.314 e. The molecule has 78 valence electrons. The van der Waals surface area contributed by atoms with Crippen LogP contribution in [-0.4, -0.2) is 14.8 Å². The normalized spacial score (nSPS) is 10.6. The summed E-state index contributed by atoms with van der Waals surface area (Å²) in [5.74, 6) is 0.391. The molecule has 0 spiro atoms. The Labute approximate surface area is 95.1 Å². The van der Waals surface area contributed by atoms with Crippen molar-refractivity contribution in [1.82, 2.24) is 14.8 Å². The van der Waals surface area contributed by atoms with E-state index in [1.54, 1.807) is 12.4 Å². The second-order valence-electron chi connectivity index (χ2n) is 3.06. The Morgan fingerprint density at radius 3 is 3.00 bits per heavy atom. The lowest BCUT2D eigenvalue weighted by atomic mass is 10.2. The molecule has 0 fully saturated rings. The number of rotatable bonds is 2. The Bertz CT molecular complexity index is 481. The molecule has 0 saturated carbocycles. The van der Waals surface area contributed by atoms with E-state index < -0.39 is 0 Å². The van der Waals surface area contributed by atoms with Crippen LogP contribution >= 0.6 is 15.9 Å². The lowest BCUT2D eigenvalue weighted by molar-refractivity contribution is 0.627. The molecule has 0 saturated heterocycles. The van der Waals surface area contributed by atoms with Gasteiger partial charge in [0.1, 0.15) is 12.1 Å². The van der Waals surface area contributed by atoms with Gasteiger partial charge >= 0.3 is 0 Å². The molecule has 0 aliphatic carbocycles. The van der Waals surface area contributed by atoms with Gasteiger partial charge in [-0.2, -0.15) is 0 Å². The Hall–Kier alpha value is -1.23. The van der Waals surface area contributed by atoms with Crippen LogP contribution in [0.3, 0.4) is 0 Å². The fourth-order valence-corrected chi connectivity index (χ4v) is 1.79. The fourth-order valence-electron chi connectivity index (χ4n) is 1.36. The second-order valence-corrected chi connectivity index (χ2v) is 3.92. The maximum atomic E-state index is 13.1. The highest BCUT2D eigenvalue weighted by Gasteiger charge is 2.10.